The maximum Gasteiger partial charge on any atom is 0.301 e. The maximum absolute atomic E-state index is 11.5. The number of hydrogen-bond acceptors (Lipinski definition) is 4. The molecular weight excluding hydrogens is 334 g/mol. The van der Waals surface area contributed by atoms with E-state index in [4.69, 9.17) is 10.3 Å². The first-order valence-electron chi connectivity index (χ1n) is 6.53. The lowest BCUT2D eigenvalue weighted by Crippen LogP contribution is -2.30. The summed E-state index contributed by atoms with van der Waals surface area (Å²) in [6.07, 6.45) is 0. The van der Waals surface area contributed by atoms with Crippen LogP contribution in [-0.2, 0) is 13.1 Å². The van der Waals surface area contributed by atoms with Crippen molar-refractivity contribution < 1.29 is 9.21 Å². The summed E-state index contributed by atoms with van der Waals surface area (Å²) in [5.41, 5.74) is 4.06. The summed E-state index contributed by atoms with van der Waals surface area (Å²) >= 11 is 3.54. The molecule has 2 aromatic rings. The second-order valence-electron chi connectivity index (χ2n) is 4.96. The Hall–Kier alpha value is -1.63. The summed E-state index contributed by atoms with van der Waals surface area (Å²) in [4.78, 5) is 13.6. The van der Waals surface area contributed by atoms with Gasteiger partial charge in [0.2, 0.25) is 0 Å². The van der Waals surface area contributed by atoms with E-state index < -0.39 is 5.91 Å². The van der Waals surface area contributed by atoms with Gasteiger partial charge in [-0.3, -0.25) is 15.1 Å². The van der Waals surface area contributed by atoms with Crippen molar-refractivity contribution in [1.82, 2.24) is 10.3 Å². The molecule has 1 aromatic carbocycles. The first-order chi connectivity index (χ1) is 10.0. The van der Waals surface area contributed by atoms with Crippen LogP contribution in [0.25, 0.3) is 0 Å². The molecule has 21 heavy (non-hydrogen) atoms. The Morgan fingerprint density at radius 1 is 1.38 bits per heavy atom. The van der Waals surface area contributed by atoms with Crippen LogP contribution >= 0.6 is 15.9 Å². The number of nitrogen functional groups attached to an aromatic ring is 1. The SMILES string of the molecule is Cc1cc(CN(C)Cc2ccccc2Br)oc1C(=O)NN. The van der Waals surface area contributed by atoms with Gasteiger partial charge < -0.3 is 4.42 Å². The van der Waals surface area contributed by atoms with Gasteiger partial charge >= 0.3 is 5.91 Å². The molecule has 0 atom stereocenters. The van der Waals surface area contributed by atoms with Gasteiger partial charge in [-0.05, 0) is 31.7 Å². The molecule has 6 heteroatoms. The van der Waals surface area contributed by atoms with E-state index in [0.29, 0.717) is 6.54 Å². The summed E-state index contributed by atoms with van der Waals surface area (Å²) in [6.45, 7) is 3.21. The van der Waals surface area contributed by atoms with E-state index in [9.17, 15) is 4.79 Å². The Morgan fingerprint density at radius 3 is 2.76 bits per heavy atom. The number of amides is 1. The molecule has 112 valence electrons. The van der Waals surface area contributed by atoms with Crippen molar-refractivity contribution >= 4 is 21.8 Å². The maximum atomic E-state index is 11.5. The summed E-state index contributed by atoms with van der Waals surface area (Å²) in [7, 11) is 2.00. The van der Waals surface area contributed by atoms with Gasteiger partial charge in [0.15, 0.2) is 5.76 Å². The molecule has 0 saturated carbocycles. The van der Waals surface area contributed by atoms with Gasteiger partial charge in [-0.1, -0.05) is 34.1 Å². The van der Waals surface area contributed by atoms with Crippen molar-refractivity contribution in [3.8, 4) is 0 Å². The van der Waals surface area contributed by atoms with Crippen molar-refractivity contribution in [1.29, 1.82) is 0 Å². The topological polar surface area (TPSA) is 71.5 Å². The summed E-state index contributed by atoms with van der Waals surface area (Å²) in [5, 5.41) is 0. The van der Waals surface area contributed by atoms with E-state index in [-0.39, 0.29) is 5.76 Å². The highest BCUT2D eigenvalue weighted by Crippen LogP contribution is 2.20. The Kier molecular flexibility index (Phi) is 5.17. The second kappa shape index (κ2) is 6.89. The standard InChI is InChI=1S/C15H18BrN3O2/c1-10-7-12(21-14(10)15(20)18-17)9-19(2)8-11-5-3-4-6-13(11)16/h3-7H,8-9,17H2,1-2H3,(H,18,20). The smallest absolute Gasteiger partial charge is 0.301 e. The van der Waals surface area contributed by atoms with E-state index in [0.717, 1.165) is 22.3 Å². The van der Waals surface area contributed by atoms with Gasteiger partial charge in [0.1, 0.15) is 5.76 Å². The number of hydrogen-bond donors (Lipinski definition) is 2. The fraction of sp³-hybridized carbons (Fsp3) is 0.267. The van der Waals surface area contributed by atoms with Crippen LogP contribution in [-0.4, -0.2) is 17.9 Å². The molecule has 1 heterocycles. The molecule has 5 nitrogen and oxygen atoms in total. The number of nitrogens with one attached hydrogen (secondary N) is 1. The Bertz CT molecular complexity index is 640. The third-order valence-corrected chi connectivity index (χ3v) is 3.90. The number of benzene rings is 1. The zero-order valence-electron chi connectivity index (χ0n) is 12.0. The highest BCUT2D eigenvalue weighted by molar-refractivity contribution is 9.10. The number of hydrazine groups is 1. The van der Waals surface area contributed by atoms with E-state index >= 15 is 0 Å². The van der Waals surface area contributed by atoms with Gasteiger partial charge in [-0.15, -0.1) is 0 Å². The number of halogens is 1. The average Bonchev–Trinajstić information content (AvgIpc) is 2.81. The second-order valence-corrected chi connectivity index (χ2v) is 5.82. The third-order valence-electron chi connectivity index (χ3n) is 3.13. The highest BCUT2D eigenvalue weighted by Gasteiger charge is 2.15. The quantitative estimate of drug-likeness (QED) is 0.493. The van der Waals surface area contributed by atoms with Crippen LogP contribution in [0.15, 0.2) is 39.2 Å². The summed E-state index contributed by atoms with van der Waals surface area (Å²) < 4.78 is 6.64. The van der Waals surface area contributed by atoms with Crippen molar-refractivity contribution in [2.75, 3.05) is 7.05 Å². The largest absolute Gasteiger partial charge is 0.454 e. The van der Waals surface area contributed by atoms with Crippen LogP contribution in [0.4, 0.5) is 0 Å². The molecule has 2 rings (SSSR count). The number of nitrogens with two attached hydrogens (primary N) is 1. The first kappa shape index (κ1) is 15.8. The Morgan fingerprint density at radius 2 is 2.10 bits per heavy atom. The molecule has 1 amide bonds. The molecular formula is C15H18BrN3O2. The Labute approximate surface area is 132 Å². The molecule has 0 saturated heterocycles. The van der Waals surface area contributed by atoms with Crippen LogP contribution in [0.5, 0.6) is 0 Å². The molecule has 3 N–H and O–H groups in total. The zero-order valence-corrected chi connectivity index (χ0v) is 13.6. The van der Waals surface area contributed by atoms with Crippen LogP contribution in [0, 0.1) is 6.92 Å². The number of furan rings is 1. The van der Waals surface area contributed by atoms with Crippen LogP contribution in [0.3, 0.4) is 0 Å². The molecule has 0 fully saturated rings. The van der Waals surface area contributed by atoms with Crippen molar-refractivity contribution in [2.24, 2.45) is 5.84 Å². The normalized spacial score (nSPS) is 10.9. The minimum Gasteiger partial charge on any atom is -0.454 e. The molecule has 0 aliphatic rings. The zero-order chi connectivity index (χ0) is 15.4. The molecule has 0 spiro atoms. The van der Waals surface area contributed by atoms with Crippen molar-refractivity contribution in [2.45, 2.75) is 20.0 Å². The van der Waals surface area contributed by atoms with E-state index in [1.807, 2.05) is 38.2 Å². The molecule has 1 aromatic heterocycles. The molecule has 0 aliphatic heterocycles. The highest BCUT2D eigenvalue weighted by atomic mass is 79.9. The number of nitrogens with zero attached hydrogens (tertiary/aromatic N) is 1. The lowest BCUT2D eigenvalue weighted by molar-refractivity contribution is 0.0921. The number of aryl methyl sites for hydroxylation is 1. The lowest BCUT2D eigenvalue weighted by Gasteiger charge is -2.16. The van der Waals surface area contributed by atoms with Crippen LogP contribution in [0.2, 0.25) is 0 Å². The van der Waals surface area contributed by atoms with Gasteiger partial charge in [-0.25, -0.2) is 5.84 Å². The molecule has 0 bridgehead atoms. The van der Waals surface area contributed by atoms with Gasteiger partial charge in [0.25, 0.3) is 0 Å². The minimum atomic E-state index is -0.410. The predicted octanol–water partition coefficient (Wildman–Crippen LogP) is 2.59. The van der Waals surface area contributed by atoms with Gasteiger partial charge in [-0.2, -0.15) is 0 Å². The number of carbonyl (C=O) groups is 1. The molecule has 0 unspecified atom stereocenters. The van der Waals surface area contributed by atoms with E-state index in [2.05, 4.69) is 32.3 Å². The van der Waals surface area contributed by atoms with Crippen molar-refractivity contribution in [3.05, 3.63) is 57.5 Å². The fourth-order valence-electron chi connectivity index (χ4n) is 2.16. The summed E-state index contributed by atoms with van der Waals surface area (Å²) in [5.74, 6) is 5.72. The lowest BCUT2D eigenvalue weighted by atomic mass is 10.2. The third kappa shape index (κ3) is 3.93. The first-order valence-corrected chi connectivity index (χ1v) is 7.32. The van der Waals surface area contributed by atoms with Crippen molar-refractivity contribution in [3.63, 3.8) is 0 Å². The summed E-state index contributed by atoms with van der Waals surface area (Å²) in [6, 6.07) is 9.95. The Balaban J connectivity index is 2.05. The van der Waals surface area contributed by atoms with E-state index in [1.54, 1.807) is 0 Å². The molecule has 0 aliphatic carbocycles. The number of carbonyl (C=O) groups excluding carboxylic acids is 1. The van der Waals surface area contributed by atoms with Gasteiger partial charge in [0, 0.05) is 16.6 Å². The van der Waals surface area contributed by atoms with E-state index in [1.165, 1.54) is 5.56 Å². The van der Waals surface area contributed by atoms with Crippen LogP contribution in [0.1, 0.15) is 27.4 Å². The van der Waals surface area contributed by atoms with Gasteiger partial charge in [0.05, 0.1) is 6.54 Å². The van der Waals surface area contributed by atoms with Crippen LogP contribution < -0.4 is 11.3 Å². The minimum absolute atomic E-state index is 0.266. The molecule has 0 radical (unpaired) electrons. The average molecular weight is 352 g/mol. The predicted molar refractivity (Wildman–Crippen MR) is 84.4 cm³/mol. The fourth-order valence-corrected chi connectivity index (χ4v) is 2.57. The monoisotopic (exact) mass is 351 g/mol. The number of rotatable bonds is 5.